The average molecular weight is 151 g/mol. The van der Waals surface area contributed by atoms with Gasteiger partial charge in [-0.05, 0) is 0 Å². The Balaban J connectivity index is 2.35. The Hall–Kier alpha value is -1.32. The van der Waals surface area contributed by atoms with Crippen LogP contribution < -0.4 is 0 Å². The maximum atomic E-state index is 5.24. The molecule has 2 rings (SSSR count). The Morgan fingerprint density at radius 1 is 1.64 bits per heavy atom. The molecule has 0 fully saturated rings. The van der Waals surface area contributed by atoms with Crippen molar-refractivity contribution in [3.63, 3.8) is 0 Å². The second-order valence-corrected chi connectivity index (χ2v) is 2.40. The van der Waals surface area contributed by atoms with E-state index in [2.05, 4.69) is 9.98 Å². The van der Waals surface area contributed by atoms with Crippen molar-refractivity contribution in [2.24, 2.45) is 12.0 Å². The maximum Gasteiger partial charge on any atom is 0.253 e. The van der Waals surface area contributed by atoms with Crippen molar-refractivity contribution >= 4 is 5.90 Å². The summed E-state index contributed by atoms with van der Waals surface area (Å²) in [4.78, 5) is 8.26. The van der Waals surface area contributed by atoms with Gasteiger partial charge in [-0.15, -0.1) is 0 Å². The zero-order valence-corrected chi connectivity index (χ0v) is 6.32. The highest BCUT2D eigenvalue weighted by atomic mass is 16.5. The zero-order chi connectivity index (χ0) is 7.68. The lowest BCUT2D eigenvalue weighted by Gasteiger charge is -1.99. The van der Waals surface area contributed by atoms with Crippen LogP contribution in [0.15, 0.2) is 17.4 Å². The van der Waals surface area contributed by atoms with Crippen molar-refractivity contribution in [2.45, 2.75) is 0 Å². The fraction of sp³-hybridized carbons (Fsp3) is 0.429. The number of rotatable bonds is 1. The molecule has 1 aliphatic heterocycles. The average Bonchev–Trinajstić information content (AvgIpc) is 2.55. The van der Waals surface area contributed by atoms with Crippen LogP contribution in [0, 0.1) is 0 Å². The smallest absolute Gasteiger partial charge is 0.253 e. The van der Waals surface area contributed by atoms with Crippen LogP contribution in [0.1, 0.15) is 5.82 Å². The standard InChI is InChI=1S/C7H9N3O/c1-10-4-2-8-6(10)7-9-3-5-11-7/h2,4H,3,5H2,1H3. The van der Waals surface area contributed by atoms with Gasteiger partial charge >= 0.3 is 0 Å². The van der Waals surface area contributed by atoms with E-state index in [-0.39, 0.29) is 0 Å². The molecule has 4 nitrogen and oxygen atoms in total. The van der Waals surface area contributed by atoms with Gasteiger partial charge in [-0.25, -0.2) is 9.98 Å². The third-order valence-electron chi connectivity index (χ3n) is 1.60. The molecule has 0 unspecified atom stereocenters. The van der Waals surface area contributed by atoms with Gasteiger partial charge in [0.25, 0.3) is 5.90 Å². The summed E-state index contributed by atoms with van der Waals surface area (Å²) in [5, 5.41) is 0. The van der Waals surface area contributed by atoms with Crippen LogP contribution in [0.2, 0.25) is 0 Å². The number of aromatic nitrogens is 2. The van der Waals surface area contributed by atoms with Crippen LogP contribution in [0.4, 0.5) is 0 Å². The molecule has 2 heterocycles. The molecule has 0 radical (unpaired) electrons. The van der Waals surface area contributed by atoms with Gasteiger partial charge in [-0.2, -0.15) is 0 Å². The molecule has 0 amide bonds. The maximum absolute atomic E-state index is 5.24. The largest absolute Gasteiger partial charge is 0.473 e. The van der Waals surface area contributed by atoms with Gasteiger partial charge in [0.2, 0.25) is 0 Å². The van der Waals surface area contributed by atoms with Crippen molar-refractivity contribution in [3.05, 3.63) is 18.2 Å². The van der Waals surface area contributed by atoms with Gasteiger partial charge < -0.3 is 9.30 Å². The van der Waals surface area contributed by atoms with E-state index in [1.165, 1.54) is 0 Å². The molecule has 0 N–H and O–H groups in total. The molecule has 0 aromatic carbocycles. The Morgan fingerprint density at radius 2 is 2.55 bits per heavy atom. The minimum absolute atomic E-state index is 0.664. The molecule has 0 aliphatic carbocycles. The van der Waals surface area contributed by atoms with Crippen molar-refractivity contribution in [1.82, 2.24) is 9.55 Å². The highest BCUT2D eigenvalue weighted by molar-refractivity contribution is 5.91. The molecule has 1 aliphatic rings. The number of ether oxygens (including phenoxy) is 1. The monoisotopic (exact) mass is 151 g/mol. The normalized spacial score (nSPS) is 16.3. The molecule has 4 heteroatoms. The molecule has 0 saturated carbocycles. The predicted molar refractivity (Wildman–Crippen MR) is 40.6 cm³/mol. The fourth-order valence-corrected chi connectivity index (χ4v) is 1.04. The lowest BCUT2D eigenvalue weighted by atomic mass is 10.6. The van der Waals surface area contributed by atoms with Gasteiger partial charge in [-0.1, -0.05) is 0 Å². The van der Waals surface area contributed by atoms with E-state index in [9.17, 15) is 0 Å². The van der Waals surface area contributed by atoms with Crippen LogP contribution >= 0.6 is 0 Å². The summed E-state index contributed by atoms with van der Waals surface area (Å²) >= 11 is 0. The summed E-state index contributed by atoms with van der Waals surface area (Å²) in [5.41, 5.74) is 0. The minimum atomic E-state index is 0.664. The van der Waals surface area contributed by atoms with Crippen LogP contribution in [-0.2, 0) is 11.8 Å². The summed E-state index contributed by atoms with van der Waals surface area (Å²) < 4.78 is 7.14. The molecule has 0 spiro atoms. The van der Waals surface area contributed by atoms with Crippen molar-refractivity contribution in [1.29, 1.82) is 0 Å². The fourth-order valence-electron chi connectivity index (χ4n) is 1.04. The zero-order valence-electron chi connectivity index (χ0n) is 6.32. The molecule has 0 bridgehead atoms. The Labute approximate surface area is 64.5 Å². The van der Waals surface area contributed by atoms with Crippen molar-refractivity contribution in [2.75, 3.05) is 13.2 Å². The van der Waals surface area contributed by atoms with Crippen LogP contribution in [-0.4, -0.2) is 28.6 Å². The highest BCUT2D eigenvalue weighted by Crippen LogP contribution is 2.03. The number of hydrogen-bond acceptors (Lipinski definition) is 3. The van der Waals surface area contributed by atoms with Crippen molar-refractivity contribution < 1.29 is 4.74 Å². The lowest BCUT2D eigenvalue weighted by Crippen LogP contribution is -2.08. The predicted octanol–water partition coefficient (Wildman–Crippen LogP) is 0.197. The van der Waals surface area contributed by atoms with E-state index in [4.69, 9.17) is 4.74 Å². The third kappa shape index (κ3) is 1.00. The summed E-state index contributed by atoms with van der Waals surface area (Å²) in [6, 6.07) is 0. The van der Waals surface area contributed by atoms with E-state index in [1.807, 2.05) is 17.8 Å². The van der Waals surface area contributed by atoms with Gasteiger partial charge in [0.15, 0.2) is 5.82 Å². The third-order valence-corrected chi connectivity index (χ3v) is 1.60. The first-order valence-corrected chi connectivity index (χ1v) is 3.53. The molecule has 0 atom stereocenters. The second-order valence-electron chi connectivity index (χ2n) is 2.40. The molecule has 0 saturated heterocycles. The first-order valence-electron chi connectivity index (χ1n) is 3.53. The molecule has 1 aromatic heterocycles. The van der Waals surface area contributed by atoms with Gasteiger partial charge in [0.1, 0.15) is 6.61 Å². The van der Waals surface area contributed by atoms with E-state index >= 15 is 0 Å². The molecule has 1 aromatic rings. The molecule has 11 heavy (non-hydrogen) atoms. The first-order chi connectivity index (χ1) is 5.38. The highest BCUT2D eigenvalue weighted by Gasteiger charge is 2.13. The summed E-state index contributed by atoms with van der Waals surface area (Å²) in [6.07, 6.45) is 3.61. The van der Waals surface area contributed by atoms with Crippen LogP contribution in [0.25, 0.3) is 0 Å². The Morgan fingerprint density at radius 3 is 3.09 bits per heavy atom. The molecular formula is C7H9N3O. The quantitative estimate of drug-likeness (QED) is 0.575. The van der Waals surface area contributed by atoms with Gasteiger partial charge in [0.05, 0.1) is 6.54 Å². The van der Waals surface area contributed by atoms with E-state index in [1.54, 1.807) is 6.20 Å². The number of imidazole rings is 1. The van der Waals surface area contributed by atoms with E-state index in [0.717, 1.165) is 12.4 Å². The van der Waals surface area contributed by atoms with Gasteiger partial charge in [-0.3, -0.25) is 0 Å². The number of hydrogen-bond donors (Lipinski definition) is 0. The topological polar surface area (TPSA) is 39.4 Å². The number of aliphatic imine (C=N–C) groups is 1. The molecule has 58 valence electrons. The lowest BCUT2D eigenvalue weighted by molar-refractivity contribution is 0.345. The van der Waals surface area contributed by atoms with E-state index in [0.29, 0.717) is 12.5 Å². The van der Waals surface area contributed by atoms with E-state index < -0.39 is 0 Å². The molecular weight excluding hydrogens is 142 g/mol. The van der Waals surface area contributed by atoms with Crippen molar-refractivity contribution in [3.8, 4) is 0 Å². The van der Waals surface area contributed by atoms with Gasteiger partial charge in [0, 0.05) is 19.4 Å². The summed E-state index contributed by atoms with van der Waals surface area (Å²) in [6.45, 7) is 1.43. The Kier molecular flexibility index (Phi) is 1.38. The number of nitrogens with zero attached hydrogens (tertiary/aromatic N) is 3. The second kappa shape index (κ2) is 2.38. The Bertz CT molecular complexity index is 290. The first kappa shape index (κ1) is 6.39. The summed E-state index contributed by atoms with van der Waals surface area (Å²) in [7, 11) is 1.92. The summed E-state index contributed by atoms with van der Waals surface area (Å²) in [5.74, 6) is 1.47. The van der Waals surface area contributed by atoms with Crippen LogP contribution in [0.5, 0.6) is 0 Å². The minimum Gasteiger partial charge on any atom is -0.473 e. The SMILES string of the molecule is Cn1ccnc1C1=NCCO1. The van der Waals surface area contributed by atoms with Crippen LogP contribution in [0.3, 0.4) is 0 Å². The number of aryl methyl sites for hydroxylation is 1.